The molecule has 0 bridgehead atoms. The van der Waals surface area contributed by atoms with Crippen molar-refractivity contribution in [2.45, 2.75) is 0 Å². The Morgan fingerprint density at radius 2 is 1.62 bits per heavy atom. The summed E-state index contributed by atoms with van der Waals surface area (Å²) in [6, 6.07) is 21.2. The number of rotatable bonds is 8. The first-order valence-electron chi connectivity index (χ1n) is 12.3. The molecule has 4 aromatic rings. The molecule has 42 heavy (non-hydrogen) atoms. The third-order valence-electron chi connectivity index (χ3n) is 5.94. The van der Waals surface area contributed by atoms with Gasteiger partial charge in [0.05, 0.1) is 23.4 Å². The van der Waals surface area contributed by atoms with E-state index in [9.17, 15) is 14.4 Å². The molecule has 0 radical (unpaired) electrons. The average Bonchev–Trinajstić information content (AvgIpc) is 3.47. The van der Waals surface area contributed by atoms with Gasteiger partial charge >= 0.3 is 5.97 Å². The summed E-state index contributed by atoms with van der Waals surface area (Å²) < 4.78 is 22.6. The summed E-state index contributed by atoms with van der Waals surface area (Å²) in [5.74, 6) is 0.357. The number of nitrogens with zero attached hydrogens (tertiary/aromatic N) is 1. The zero-order chi connectivity index (χ0) is 29.6. The lowest BCUT2D eigenvalue weighted by atomic mass is 10.1. The van der Waals surface area contributed by atoms with Gasteiger partial charge in [0, 0.05) is 26.9 Å². The summed E-state index contributed by atoms with van der Waals surface area (Å²) in [6.07, 6.45) is 1.35. The number of esters is 1. The lowest BCUT2D eigenvalue weighted by Gasteiger charge is -2.11. The smallest absolute Gasteiger partial charge is 0.343 e. The quantitative estimate of drug-likeness (QED) is 0.0977. The topological polar surface area (TPSA) is 125 Å². The number of anilines is 1. The normalized spacial score (nSPS) is 11.7. The number of benzene rings is 4. The lowest BCUT2D eigenvalue weighted by molar-refractivity contribution is 0.0732. The molecule has 2 N–H and O–H groups in total. The van der Waals surface area contributed by atoms with Crippen LogP contribution in [0.4, 0.5) is 5.69 Å². The monoisotopic (exact) mass is 693 g/mol. The van der Waals surface area contributed by atoms with Crippen LogP contribution in [-0.2, 0) is 0 Å². The molecule has 1 heterocycles. The molecule has 0 saturated heterocycles. The molecule has 212 valence electrons. The van der Waals surface area contributed by atoms with Crippen molar-refractivity contribution in [3.63, 3.8) is 0 Å². The maximum Gasteiger partial charge on any atom is 0.343 e. The van der Waals surface area contributed by atoms with Gasteiger partial charge in [0.25, 0.3) is 11.8 Å². The van der Waals surface area contributed by atoms with Gasteiger partial charge in [0.1, 0.15) is 5.75 Å². The minimum atomic E-state index is -0.622. The number of hydrogen-bond donors (Lipinski definition) is 2. The van der Waals surface area contributed by atoms with Crippen LogP contribution in [0, 0.1) is 0 Å². The number of amides is 2. The molecule has 0 spiro atoms. The van der Waals surface area contributed by atoms with E-state index >= 15 is 0 Å². The SMILES string of the molecule is COc1ccc(C(=O)Nc2cccc(C(=O)NN=Cc3cc(Br)cc(Br)c3OC(=O)c3ccc4c(c3)OCO4)c2)cc1. The van der Waals surface area contributed by atoms with Gasteiger partial charge < -0.3 is 24.3 Å². The predicted octanol–water partition coefficient (Wildman–Crippen LogP) is 6.18. The van der Waals surface area contributed by atoms with E-state index in [1.165, 1.54) is 12.3 Å². The molecule has 1 aliphatic heterocycles. The maximum absolute atomic E-state index is 12.9. The molecule has 0 saturated carbocycles. The van der Waals surface area contributed by atoms with Gasteiger partial charge in [-0.05, 0) is 88.7 Å². The Morgan fingerprint density at radius 3 is 2.40 bits per heavy atom. The molecule has 4 aromatic carbocycles. The van der Waals surface area contributed by atoms with Gasteiger partial charge in [-0.1, -0.05) is 22.0 Å². The van der Waals surface area contributed by atoms with E-state index in [-0.39, 0.29) is 29.6 Å². The summed E-state index contributed by atoms with van der Waals surface area (Å²) in [6.45, 7) is 0.0844. The van der Waals surface area contributed by atoms with Crippen LogP contribution in [-0.4, -0.2) is 37.9 Å². The van der Waals surface area contributed by atoms with Gasteiger partial charge in [-0.3, -0.25) is 9.59 Å². The first kappa shape index (κ1) is 28.8. The van der Waals surface area contributed by atoms with Crippen molar-refractivity contribution in [2.75, 3.05) is 19.2 Å². The summed E-state index contributed by atoms with van der Waals surface area (Å²) in [5.41, 5.74) is 4.27. The molecule has 5 rings (SSSR count). The van der Waals surface area contributed by atoms with Crippen LogP contribution in [0.15, 0.2) is 92.9 Å². The molecule has 0 fully saturated rings. The Hall–Kier alpha value is -4.68. The van der Waals surface area contributed by atoms with E-state index in [2.05, 4.69) is 47.7 Å². The van der Waals surface area contributed by atoms with E-state index in [1.54, 1.807) is 79.9 Å². The zero-order valence-corrected chi connectivity index (χ0v) is 25.0. The number of hydrogen-bond acceptors (Lipinski definition) is 8. The second kappa shape index (κ2) is 12.9. The molecule has 2 amide bonds. The second-order valence-corrected chi connectivity index (χ2v) is 10.5. The van der Waals surface area contributed by atoms with Crippen LogP contribution in [0.3, 0.4) is 0 Å². The fraction of sp³-hybridized carbons (Fsp3) is 0.0667. The van der Waals surface area contributed by atoms with Crippen LogP contribution < -0.4 is 29.7 Å². The highest BCUT2D eigenvalue weighted by Crippen LogP contribution is 2.35. The molecule has 0 aliphatic carbocycles. The van der Waals surface area contributed by atoms with Crippen molar-refractivity contribution in [2.24, 2.45) is 5.10 Å². The van der Waals surface area contributed by atoms with Crippen LogP contribution in [0.25, 0.3) is 0 Å². The van der Waals surface area contributed by atoms with Crippen molar-refractivity contribution in [3.8, 4) is 23.0 Å². The van der Waals surface area contributed by atoms with Gasteiger partial charge in [-0.2, -0.15) is 5.10 Å². The third kappa shape index (κ3) is 6.78. The largest absolute Gasteiger partial charge is 0.497 e. The minimum absolute atomic E-state index is 0.0844. The number of nitrogens with one attached hydrogen (secondary N) is 2. The molecular weight excluding hydrogens is 674 g/mol. The van der Waals surface area contributed by atoms with E-state index in [4.69, 9.17) is 18.9 Å². The number of methoxy groups -OCH3 is 1. The van der Waals surface area contributed by atoms with Gasteiger partial charge in [0.2, 0.25) is 6.79 Å². The summed E-state index contributed by atoms with van der Waals surface area (Å²) in [4.78, 5) is 38.3. The number of halogens is 2. The lowest BCUT2D eigenvalue weighted by Crippen LogP contribution is -2.18. The van der Waals surface area contributed by atoms with Crippen LogP contribution in [0.5, 0.6) is 23.0 Å². The van der Waals surface area contributed by atoms with Crippen molar-refractivity contribution in [3.05, 3.63) is 110 Å². The van der Waals surface area contributed by atoms with Crippen molar-refractivity contribution >= 4 is 61.5 Å². The Labute approximate surface area is 256 Å². The number of hydrazone groups is 1. The summed E-state index contributed by atoms with van der Waals surface area (Å²) in [5, 5.41) is 6.82. The highest BCUT2D eigenvalue weighted by Gasteiger charge is 2.20. The van der Waals surface area contributed by atoms with Crippen LogP contribution in [0.2, 0.25) is 0 Å². The number of ether oxygens (including phenoxy) is 4. The Balaban J connectivity index is 1.26. The Kier molecular flexibility index (Phi) is 8.84. The fourth-order valence-electron chi connectivity index (χ4n) is 3.87. The minimum Gasteiger partial charge on any atom is -0.497 e. The second-order valence-electron chi connectivity index (χ2n) is 8.73. The van der Waals surface area contributed by atoms with Crippen molar-refractivity contribution < 1.29 is 33.3 Å². The van der Waals surface area contributed by atoms with E-state index < -0.39 is 11.9 Å². The standard InChI is InChI=1S/C30H21Br2N3O7/c1-39-23-8-5-17(6-9-23)28(36)34-22-4-2-3-18(12-22)29(37)35-33-15-20-11-21(31)14-24(32)27(20)42-30(38)19-7-10-25-26(13-19)41-16-40-25/h2-15H,16H2,1H3,(H,34,36)(H,35,37). The number of carbonyl (C=O) groups is 3. The number of carbonyl (C=O) groups excluding carboxylic acids is 3. The van der Waals surface area contributed by atoms with Gasteiger partial charge in [-0.15, -0.1) is 0 Å². The molecule has 0 aromatic heterocycles. The molecule has 10 nitrogen and oxygen atoms in total. The van der Waals surface area contributed by atoms with Crippen LogP contribution >= 0.6 is 31.9 Å². The number of fused-ring (bicyclic) bond motifs is 1. The molecule has 0 atom stereocenters. The average molecular weight is 695 g/mol. The maximum atomic E-state index is 12.9. The van der Waals surface area contributed by atoms with E-state index in [0.29, 0.717) is 43.0 Å². The Morgan fingerprint density at radius 1 is 0.857 bits per heavy atom. The molecule has 0 unspecified atom stereocenters. The molecule has 1 aliphatic rings. The van der Waals surface area contributed by atoms with Gasteiger partial charge in [-0.25, -0.2) is 10.2 Å². The van der Waals surface area contributed by atoms with Crippen LogP contribution in [0.1, 0.15) is 36.6 Å². The predicted molar refractivity (Wildman–Crippen MR) is 162 cm³/mol. The first-order chi connectivity index (χ1) is 20.3. The Bertz CT molecular complexity index is 1710. The van der Waals surface area contributed by atoms with E-state index in [0.717, 1.165) is 0 Å². The summed E-state index contributed by atoms with van der Waals surface area (Å²) >= 11 is 6.83. The van der Waals surface area contributed by atoms with Crippen molar-refractivity contribution in [1.29, 1.82) is 0 Å². The van der Waals surface area contributed by atoms with Gasteiger partial charge in [0.15, 0.2) is 17.2 Å². The molecular formula is C30H21Br2N3O7. The zero-order valence-electron chi connectivity index (χ0n) is 21.9. The first-order valence-corrected chi connectivity index (χ1v) is 13.9. The molecule has 12 heteroatoms. The van der Waals surface area contributed by atoms with Crippen molar-refractivity contribution in [1.82, 2.24) is 5.43 Å². The highest BCUT2D eigenvalue weighted by atomic mass is 79.9. The van der Waals surface area contributed by atoms with E-state index in [1.807, 2.05) is 0 Å². The fourth-order valence-corrected chi connectivity index (χ4v) is 5.21. The summed E-state index contributed by atoms with van der Waals surface area (Å²) in [7, 11) is 1.55. The third-order valence-corrected chi connectivity index (χ3v) is 6.99. The highest BCUT2D eigenvalue weighted by molar-refractivity contribution is 9.11.